The van der Waals surface area contributed by atoms with Crippen LogP contribution in [0.15, 0.2) is 50.0 Å². The number of sulfonamides is 1. The van der Waals surface area contributed by atoms with Gasteiger partial charge in [-0.25, -0.2) is 12.8 Å². The van der Waals surface area contributed by atoms with Crippen LogP contribution in [0.2, 0.25) is 5.02 Å². The summed E-state index contributed by atoms with van der Waals surface area (Å²) in [6.45, 7) is 3.35. The third kappa shape index (κ3) is 4.30. The van der Waals surface area contributed by atoms with Crippen molar-refractivity contribution in [2.45, 2.75) is 24.8 Å². The second-order valence-electron chi connectivity index (χ2n) is 6.34. The number of hydrogen-bond acceptors (Lipinski definition) is 5. The van der Waals surface area contributed by atoms with Crippen molar-refractivity contribution >= 4 is 55.9 Å². The average molecular weight is 443 g/mol. The molecule has 148 valence electrons. The highest BCUT2D eigenvalue weighted by molar-refractivity contribution is 7.89. The Morgan fingerprint density at radius 1 is 1.21 bits per heavy atom. The molecule has 2 N–H and O–H groups in total. The molecule has 1 amide bonds. The molecule has 0 spiro atoms. The van der Waals surface area contributed by atoms with Gasteiger partial charge in [-0.3, -0.25) is 4.79 Å². The predicted molar refractivity (Wildman–Crippen MR) is 107 cm³/mol. The van der Waals surface area contributed by atoms with Crippen LogP contribution >= 0.6 is 11.6 Å². The van der Waals surface area contributed by atoms with Crippen molar-refractivity contribution in [3.63, 3.8) is 0 Å². The maximum atomic E-state index is 13.9. The van der Waals surface area contributed by atoms with E-state index >= 15 is 0 Å². The Labute approximate surface area is 170 Å². The molecule has 0 aliphatic carbocycles. The van der Waals surface area contributed by atoms with Gasteiger partial charge in [-0.15, -0.1) is 0 Å². The number of nitrogens with one attached hydrogen (secondary N) is 2. The molecule has 1 atom stereocenters. The Kier molecular flexibility index (Phi) is 5.94. The molecule has 2 aromatic carbocycles. The van der Waals surface area contributed by atoms with Gasteiger partial charge in [0, 0.05) is 5.02 Å². The number of anilines is 1. The Morgan fingerprint density at radius 3 is 2.68 bits per heavy atom. The number of benzene rings is 2. The molecule has 0 aromatic heterocycles. The van der Waals surface area contributed by atoms with E-state index in [4.69, 9.17) is 11.6 Å². The monoisotopic (exact) mass is 442 g/mol. The van der Waals surface area contributed by atoms with Crippen molar-refractivity contribution in [2.75, 3.05) is 5.32 Å². The molecule has 3 rings (SSSR count). The summed E-state index contributed by atoms with van der Waals surface area (Å²) in [6.07, 6.45) is 0. The molecule has 0 fully saturated rings. The van der Waals surface area contributed by atoms with Crippen molar-refractivity contribution in [1.29, 1.82) is 0 Å². The number of amides is 1. The first kappa shape index (κ1) is 20.6. The molecule has 2 aromatic rings. The van der Waals surface area contributed by atoms with E-state index in [9.17, 15) is 17.6 Å². The number of carbonyl (C=O) groups excluding carboxylic acids is 1. The van der Waals surface area contributed by atoms with Gasteiger partial charge >= 0.3 is 0 Å². The third-order valence-corrected chi connectivity index (χ3v) is 6.21. The molecule has 0 radical (unpaired) electrons. The van der Waals surface area contributed by atoms with Gasteiger partial charge in [-0.05, 0) is 36.2 Å². The lowest BCUT2D eigenvalue weighted by molar-refractivity contribution is -0.118. The number of fused-ring (bicyclic) bond motifs is 1. The van der Waals surface area contributed by atoms with Gasteiger partial charge < -0.3 is 5.32 Å². The fourth-order valence-corrected chi connectivity index (χ4v) is 4.81. The molecule has 28 heavy (non-hydrogen) atoms. The molecule has 0 unspecified atom stereocenters. The van der Waals surface area contributed by atoms with E-state index in [1.54, 1.807) is 26.0 Å². The fourth-order valence-electron chi connectivity index (χ4n) is 2.52. The highest BCUT2D eigenvalue weighted by Crippen LogP contribution is 2.37. The van der Waals surface area contributed by atoms with Crippen molar-refractivity contribution in [2.24, 2.45) is 14.6 Å². The lowest BCUT2D eigenvalue weighted by atomic mass is 10.0. The molecule has 0 saturated heterocycles. The lowest BCUT2D eigenvalue weighted by Gasteiger charge is -2.22. The van der Waals surface area contributed by atoms with Gasteiger partial charge in [0.15, 0.2) is 0 Å². The normalized spacial score (nSPS) is 13.9. The molecule has 1 aliphatic heterocycles. The second-order valence-corrected chi connectivity index (χ2v) is 8.99. The minimum absolute atomic E-state index is 0.0777. The second kappa shape index (κ2) is 8.08. The van der Waals surface area contributed by atoms with E-state index in [0.29, 0.717) is 5.69 Å². The first-order valence-corrected chi connectivity index (χ1v) is 10.8. The summed E-state index contributed by atoms with van der Waals surface area (Å²) in [5, 5.41) is 2.62. The minimum atomic E-state index is -4.08. The average Bonchev–Trinajstić information content (AvgIpc) is 3.11. The number of halogens is 2. The molecule has 1 aliphatic rings. The molecule has 1 heterocycles. The summed E-state index contributed by atoms with van der Waals surface area (Å²) >= 11 is 6.73. The van der Waals surface area contributed by atoms with Crippen LogP contribution in [0.3, 0.4) is 0 Å². The highest BCUT2D eigenvalue weighted by Gasteiger charge is 2.31. The quantitative estimate of drug-likeness (QED) is 0.599. The van der Waals surface area contributed by atoms with Gasteiger partial charge in [-0.2, -0.15) is 13.4 Å². The van der Waals surface area contributed by atoms with Crippen LogP contribution < -0.4 is 10.0 Å². The maximum Gasteiger partial charge on any atom is 0.243 e. The van der Waals surface area contributed by atoms with Crippen LogP contribution in [0, 0.1) is 11.7 Å². The van der Waals surface area contributed by atoms with Crippen LogP contribution in [0.5, 0.6) is 0 Å². The topological polar surface area (TPSA) is 100.0 Å². The van der Waals surface area contributed by atoms with Crippen LogP contribution in [-0.2, 0) is 26.2 Å². The van der Waals surface area contributed by atoms with Gasteiger partial charge in [0.25, 0.3) is 0 Å². The van der Waals surface area contributed by atoms with E-state index in [1.165, 1.54) is 18.2 Å². The third-order valence-electron chi connectivity index (χ3n) is 3.96. The van der Waals surface area contributed by atoms with Crippen molar-refractivity contribution < 1.29 is 17.6 Å². The van der Waals surface area contributed by atoms with Crippen LogP contribution in [-0.4, -0.2) is 20.4 Å². The number of rotatable bonds is 6. The van der Waals surface area contributed by atoms with E-state index in [-0.39, 0.29) is 21.3 Å². The van der Waals surface area contributed by atoms with Crippen LogP contribution in [0.4, 0.5) is 21.5 Å². The zero-order chi connectivity index (χ0) is 20.5. The van der Waals surface area contributed by atoms with Crippen LogP contribution in [0.25, 0.3) is 0 Å². The zero-order valence-electron chi connectivity index (χ0n) is 14.8. The smallest absolute Gasteiger partial charge is 0.243 e. The van der Waals surface area contributed by atoms with Gasteiger partial charge in [0.1, 0.15) is 28.1 Å². The van der Waals surface area contributed by atoms with E-state index in [2.05, 4.69) is 18.8 Å². The van der Waals surface area contributed by atoms with Crippen LogP contribution in [0.1, 0.15) is 13.8 Å². The fraction of sp³-hybridized carbons (Fsp3) is 0.235. The SMILES string of the molecule is CC(C)[C@H](NS(=O)(=O)c1cccc2c1N=S=N2)C(=O)Nc1cc(Cl)ccc1F. The zero-order valence-corrected chi connectivity index (χ0v) is 17.2. The van der Waals surface area contributed by atoms with Gasteiger partial charge in [0.2, 0.25) is 15.9 Å². The summed E-state index contributed by atoms with van der Waals surface area (Å²) in [4.78, 5) is 12.6. The van der Waals surface area contributed by atoms with Gasteiger partial charge in [-0.1, -0.05) is 31.5 Å². The molecular formula is C17H16ClFN4O3S2. The van der Waals surface area contributed by atoms with Crippen molar-refractivity contribution in [1.82, 2.24) is 4.72 Å². The molecular weight excluding hydrogens is 427 g/mol. The molecule has 11 heteroatoms. The number of hydrogen-bond donors (Lipinski definition) is 2. The Morgan fingerprint density at radius 2 is 1.96 bits per heavy atom. The summed E-state index contributed by atoms with van der Waals surface area (Å²) in [5.41, 5.74) is 0.538. The molecule has 0 saturated carbocycles. The first-order valence-electron chi connectivity index (χ1n) is 8.18. The first-order chi connectivity index (χ1) is 13.2. The Balaban J connectivity index is 1.87. The minimum Gasteiger partial charge on any atom is -0.322 e. The molecule has 0 bridgehead atoms. The predicted octanol–water partition coefficient (Wildman–Crippen LogP) is 4.15. The Bertz CT molecular complexity index is 1120. The van der Waals surface area contributed by atoms with Gasteiger partial charge in [0.05, 0.1) is 17.0 Å². The van der Waals surface area contributed by atoms with E-state index in [0.717, 1.165) is 17.4 Å². The molecule has 7 nitrogen and oxygen atoms in total. The maximum absolute atomic E-state index is 13.9. The Hall–Kier alpha value is -2.14. The highest BCUT2D eigenvalue weighted by atomic mass is 35.5. The summed E-state index contributed by atoms with van der Waals surface area (Å²) < 4.78 is 50.1. The largest absolute Gasteiger partial charge is 0.322 e. The summed E-state index contributed by atoms with van der Waals surface area (Å²) in [7, 11) is -4.08. The van der Waals surface area contributed by atoms with E-state index < -0.39 is 33.7 Å². The standard InChI is InChI=1S/C17H16ClFN4O3S2/c1-9(2)15(17(24)20-13-8-10(18)6-7-11(13)19)23-28(25,26)14-5-3-4-12-16(14)22-27-21-12/h3-9,15,23H,1-2H3,(H,20,24)/t15-/m0/s1. The van der Waals surface area contributed by atoms with E-state index in [1.807, 2.05) is 0 Å². The van der Waals surface area contributed by atoms with Crippen molar-refractivity contribution in [3.05, 3.63) is 47.2 Å². The number of carbonyl (C=O) groups is 1. The lowest BCUT2D eigenvalue weighted by Crippen LogP contribution is -2.47. The van der Waals surface area contributed by atoms with Crippen molar-refractivity contribution in [3.8, 4) is 0 Å². The number of nitrogens with zero attached hydrogens (tertiary/aromatic N) is 2. The summed E-state index contributed by atoms with van der Waals surface area (Å²) in [5.74, 6) is -1.80. The summed E-state index contributed by atoms with van der Waals surface area (Å²) in [6, 6.07) is 7.14.